The van der Waals surface area contributed by atoms with Crippen molar-refractivity contribution in [2.75, 3.05) is 12.4 Å². The van der Waals surface area contributed by atoms with Gasteiger partial charge in [-0.25, -0.2) is 0 Å². The molecule has 0 radical (unpaired) electrons. The highest BCUT2D eigenvalue weighted by molar-refractivity contribution is 5.95. The molecule has 31 heavy (non-hydrogen) atoms. The SMILES string of the molecule is COc1c([C@H]2[C@H](C(=O)Nc3ccc(CO)nc3)OC(C)(C)[C@H]2C)cccc1C(F)(F)F. The number of nitrogens with zero attached hydrogens (tertiary/aromatic N) is 1. The highest BCUT2D eigenvalue weighted by Gasteiger charge is 2.52. The lowest BCUT2D eigenvalue weighted by Gasteiger charge is -2.26. The van der Waals surface area contributed by atoms with Crippen LogP contribution in [0, 0.1) is 5.92 Å². The van der Waals surface area contributed by atoms with Gasteiger partial charge in [0, 0.05) is 11.5 Å². The fourth-order valence-corrected chi connectivity index (χ4v) is 3.93. The number of amides is 1. The number of alkyl halides is 3. The molecule has 0 saturated carbocycles. The molecule has 2 N–H and O–H groups in total. The van der Waals surface area contributed by atoms with Gasteiger partial charge in [-0.1, -0.05) is 19.1 Å². The lowest BCUT2D eigenvalue weighted by Crippen LogP contribution is -2.33. The van der Waals surface area contributed by atoms with Crippen molar-refractivity contribution in [2.45, 2.75) is 51.2 Å². The van der Waals surface area contributed by atoms with Crippen LogP contribution in [0.1, 0.15) is 43.5 Å². The highest BCUT2D eigenvalue weighted by atomic mass is 19.4. The minimum atomic E-state index is -4.60. The Morgan fingerprint density at radius 3 is 2.55 bits per heavy atom. The van der Waals surface area contributed by atoms with Gasteiger partial charge in [0.25, 0.3) is 5.91 Å². The second-order valence-corrected chi connectivity index (χ2v) is 8.07. The van der Waals surface area contributed by atoms with Crippen LogP contribution < -0.4 is 10.1 Å². The van der Waals surface area contributed by atoms with Gasteiger partial charge in [-0.15, -0.1) is 0 Å². The fourth-order valence-electron chi connectivity index (χ4n) is 3.93. The molecular formula is C22H25F3N2O4. The van der Waals surface area contributed by atoms with Crippen molar-refractivity contribution in [1.29, 1.82) is 0 Å². The van der Waals surface area contributed by atoms with Crippen molar-refractivity contribution in [1.82, 2.24) is 4.98 Å². The van der Waals surface area contributed by atoms with E-state index in [0.717, 1.165) is 6.07 Å². The zero-order valence-electron chi connectivity index (χ0n) is 17.7. The average molecular weight is 438 g/mol. The molecule has 168 valence electrons. The summed E-state index contributed by atoms with van der Waals surface area (Å²) in [6, 6.07) is 6.95. The lowest BCUT2D eigenvalue weighted by molar-refractivity contribution is -0.138. The predicted molar refractivity (Wildman–Crippen MR) is 108 cm³/mol. The Labute approximate surface area is 178 Å². The fraction of sp³-hybridized carbons (Fsp3) is 0.455. The first-order valence-corrected chi connectivity index (χ1v) is 9.78. The summed E-state index contributed by atoms with van der Waals surface area (Å²) in [5.74, 6) is -1.76. The molecule has 0 bridgehead atoms. The molecule has 6 nitrogen and oxygen atoms in total. The van der Waals surface area contributed by atoms with E-state index in [1.165, 1.54) is 25.4 Å². The van der Waals surface area contributed by atoms with E-state index in [0.29, 0.717) is 11.4 Å². The first-order chi connectivity index (χ1) is 14.5. The Kier molecular flexibility index (Phi) is 6.29. The maximum Gasteiger partial charge on any atom is 0.419 e. The monoisotopic (exact) mass is 438 g/mol. The van der Waals surface area contributed by atoms with Gasteiger partial charge < -0.3 is 19.9 Å². The maximum absolute atomic E-state index is 13.5. The first kappa shape index (κ1) is 23.0. The van der Waals surface area contributed by atoms with E-state index in [-0.39, 0.29) is 23.8 Å². The number of benzene rings is 1. The van der Waals surface area contributed by atoms with Gasteiger partial charge in [0.1, 0.15) is 11.9 Å². The average Bonchev–Trinajstić information content (AvgIpc) is 2.96. The number of methoxy groups -OCH3 is 1. The molecule has 2 aromatic rings. The molecule has 1 aromatic carbocycles. The van der Waals surface area contributed by atoms with Gasteiger partial charge >= 0.3 is 6.18 Å². The van der Waals surface area contributed by atoms with Crippen LogP contribution in [0.15, 0.2) is 36.5 Å². The van der Waals surface area contributed by atoms with Crippen molar-refractivity contribution in [2.24, 2.45) is 5.92 Å². The third-order valence-corrected chi connectivity index (χ3v) is 5.82. The molecule has 1 saturated heterocycles. The largest absolute Gasteiger partial charge is 0.496 e. The number of carbonyl (C=O) groups excluding carboxylic acids is 1. The van der Waals surface area contributed by atoms with Gasteiger partial charge in [-0.2, -0.15) is 13.2 Å². The summed E-state index contributed by atoms with van der Waals surface area (Å²) in [6.07, 6.45) is -4.25. The number of aliphatic hydroxyl groups is 1. The third-order valence-electron chi connectivity index (χ3n) is 5.82. The summed E-state index contributed by atoms with van der Waals surface area (Å²) in [6.45, 7) is 5.21. The van der Waals surface area contributed by atoms with Gasteiger partial charge in [-0.3, -0.25) is 9.78 Å². The smallest absolute Gasteiger partial charge is 0.419 e. The van der Waals surface area contributed by atoms with Crippen LogP contribution in [0.4, 0.5) is 18.9 Å². The van der Waals surface area contributed by atoms with Crippen LogP contribution in [-0.2, 0) is 22.3 Å². The van der Waals surface area contributed by atoms with Crippen LogP contribution in [-0.4, -0.2) is 34.8 Å². The molecule has 0 spiro atoms. The van der Waals surface area contributed by atoms with E-state index in [4.69, 9.17) is 14.6 Å². The summed E-state index contributed by atoms with van der Waals surface area (Å²) in [7, 11) is 1.18. The van der Waals surface area contributed by atoms with E-state index < -0.39 is 35.3 Å². The molecule has 1 aromatic heterocycles. The highest BCUT2D eigenvalue weighted by Crippen LogP contribution is 2.50. The number of anilines is 1. The van der Waals surface area contributed by atoms with Crippen LogP contribution in [0.3, 0.4) is 0 Å². The number of hydrogen-bond donors (Lipinski definition) is 2. The lowest BCUT2D eigenvalue weighted by atomic mass is 9.77. The summed E-state index contributed by atoms with van der Waals surface area (Å²) in [4.78, 5) is 17.1. The van der Waals surface area contributed by atoms with Crippen LogP contribution in [0.25, 0.3) is 0 Å². The van der Waals surface area contributed by atoms with Crippen LogP contribution >= 0.6 is 0 Å². The topological polar surface area (TPSA) is 80.7 Å². The third kappa shape index (κ3) is 4.52. The van der Waals surface area contributed by atoms with Crippen LogP contribution in [0.2, 0.25) is 0 Å². The molecule has 3 rings (SSSR count). The molecule has 9 heteroatoms. The second-order valence-electron chi connectivity index (χ2n) is 8.07. The molecule has 1 aliphatic rings. The van der Waals surface area contributed by atoms with E-state index >= 15 is 0 Å². The van der Waals surface area contributed by atoms with Crippen molar-refractivity contribution >= 4 is 11.6 Å². The summed E-state index contributed by atoms with van der Waals surface area (Å²) < 4.78 is 51.8. The minimum absolute atomic E-state index is 0.233. The zero-order valence-corrected chi connectivity index (χ0v) is 17.7. The Balaban J connectivity index is 2.00. The number of hydrogen-bond acceptors (Lipinski definition) is 5. The van der Waals surface area contributed by atoms with Gasteiger partial charge in [0.2, 0.25) is 0 Å². The molecule has 2 heterocycles. The number of aromatic nitrogens is 1. The number of rotatable bonds is 5. The Morgan fingerprint density at radius 2 is 2.00 bits per heavy atom. The maximum atomic E-state index is 13.5. The van der Waals surface area contributed by atoms with Crippen molar-refractivity contribution in [3.63, 3.8) is 0 Å². The van der Waals surface area contributed by atoms with Crippen molar-refractivity contribution in [3.8, 4) is 5.75 Å². The van der Waals surface area contributed by atoms with Gasteiger partial charge in [-0.05, 0) is 38.0 Å². The number of aliphatic hydroxyl groups excluding tert-OH is 1. The number of halogens is 3. The van der Waals surface area contributed by atoms with E-state index in [1.807, 2.05) is 6.92 Å². The minimum Gasteiger partial charge on any atom is -0.496 e. The number of pyridine rings is 1. The molecule has 1 aliphatic heterocycles. The summed E-state index contributed by atoms with van der Waals surface area (Å²) in [5.41, 5.74) is -0.559. The number of ether oxygens (including phenoxy) is 2. The second kappa shape index (κ2) is 8.47. The molecule has 0 aliphatic carbocycles. The van der Waals surface area contributed by atoms with Crippen LogP contribution in [0.5, 0.6) is 5.75 Å². The normalized spacial score (nSPS) is 22.9. The van der Waals surface area contributed by atoms with E-state index in [9.17, 15) is 18.0 Å². The Bertz CT molecular complexity index is 945. The Morgan fingerprint density at radius 1 is 1.29 bits per heavy atom. The first-order valence-electron chi connectivity index (χ1n) is 9.78. The summed E-state index contributed by atoms with van der Waals surface area (Å²) >= 11 is 0. The predicted octanol–water partition coefficient (Wildman–Crippen LogP) is 4.14. The standard InChI is InChI=1S/C22H25F3N2O4/c1-12-17(15-6-5-7-16(18(15)30-4)22(23,24)25)19(31-21(12,2)3)20(29)27-13-8-9-14(11-28)26-10-13/h5-10,12,17,19,28H,11H2,1-4H3,(H,27,29)/t12-,17-,19+/m0/s1. The van der Waals surface area contributed by atoms with Crippen molar-refractivity contribution in [3.05, 3.63) is 53.3 Å². The molecule has 0 unspecified atom stereocenters. The van der Waals surface area contributed by atoms with E-state index in [1.54, 1.807) is 26.0 Å². The quantitative estimate of drug-likeness (QED) is 0.734. The number of carbonyl (C=O) groups is 1. The van der Waals surface area contributed by atoms with E-state index in [2.05, 4.69) is 10.3 Å². The molecule has 3 atom stereocenters. The summed E-state index contributed by atoms with van der Waals surface area (Å²) in [5, 5.41) is 11.8. The molecule has 1 fully saturated rings. The zero-order chi connectivity index (χ0) is 23.0. The van der Waals surface area contributed by atoms with Gasteiger partial charge in [0.15, 0.2) is 0 Å². The Hall–Kier alpha value is -2.65. The van der Waals surface area contributed by atoms with Gasteiger partial charge in [0.05, 0.1) is 42.5 Å². The van der Waals surface area contributed by atoms with Crippen molar-refractivity contribution < 1.29 is 32.5 Å². The molecular weight excluding hydrogens is 413 g/mol. The number of para-hydroxylation sites is 1. The number of nitrogens with one attached hydrogen (secondary N) is 1. The molecule has 1 amide bonds.